The zero-order valence-corrected chi connectivity index (χ0v) is 19.5. The maximum absolute atomic E-state index is 14.1. The first kappa shape index (κ1) is 23.3. The van der Waals surface area contributed by atoms with E-state index in [2.05, 4.69) is 0 Å². The molecule has 1 heterocycles. The van der Waals surface area contributed by atoms with E-state index in [0.29, 0.717) is 17.8 Å². The van der Waals surface area contributed by atoms with E-state index < -0.39 is 12.1 Å². The quantitative estimate of drug-likeness (QED) is 0.328. The Balaban J connectivity index is 1.90. The monoisotopic (exact) mass is 462 g/mol. The molecule has 4 rings (SSSR count). The average Bonchev–Trinajstić information content (AvgIpc) is 3.13. The lowest BCUT2D eigenvalue weighted by atomic mass is 10.0. The van der Waals surface area contributed by atoms with Gasteiger partial charge in [0.05, 0.1) is 19.8 Å². The van der Waals surface area contributed by atoms with Gasteiger partial charge in [-0.25, -0.2) is 14.0 Å². The molecule has 34 heavy (non-hydrogen) atoms. The molecular weight excluding hydrogens is 435 g/mol. The van der Waals surface area contributed by atoms with Crippen LogP contribution in [0.5, 0.6) is 0 Å². The van der Waals surface area contributed by atoms with E-state index >= 15 is 0 Å². The maximum Gasteiger partial charge on any atom is 0.409 e. The molecule has 0 atom stereocenters. The highest BCUT2D eigenvalue weighted by molar-refractivity contribution is 5.99. The molecule has 0 aliphatic heterocycles. The van der Waals surface area contributed by atoms with E-state index in [1.807, 2.05) is 47.0 Å². The molecule has 0 saturated heterocycles. The molecule has 176 valence electrons. The lowest BCUT2D eigenvalue weighted by molar-refractivity contribution is 0.0511. The minimum Gasteiger partial charge on any atom is -0.461 e. The number of halogens is 1. The number of amides is 1. The molecule has 1 aromatic heterocycles. The van der Waals surface area contributed by atoms with Gasteiger partial charge in [-0.1, -0.05) is 42.5 Å². The van der Waals surface area contributed by atoms with Crippen molar-refractivity contribution in [2.24, 2.45) is 0 Å². The molecule has 4 aromatic rings. The first-order chi connectivity index (χ1) is 16.4. The third-order valence-corrected chi connectivity index (χ3v) is 5.78. The fourth-order valence-electron chi connectivity index (χ4n) is 4.29. The summed E-state index contributed by atoms with van der Waals surface area (Å²) in [4.78, 5) is 27.0. The molecule has 0 aliphatic carbocycles. The number of para-hydroxylation sites is 1. The number of rotatable bonds is 7. The van der Waals surface area contributed by atoms with Crippen LogP contribution < -0.4 is 0 Å². The number of nitrogens with zero attached hydrogens (tertiary/aromatic N) is 2. The maximum atomic E-state index is 14.1. The van der Waals surface area contributed by atoms with Gasteiger partial charge in [-0.3, -0.25) is 0 Å². The molecule has 0 radical (unpaired) electrons. The second-order valence-electron chi connectivity index (χ2n) is 7.99. The summed E-state index contributed by atoms with van der Waals surface area (Å²) in [5.41, 5.74) is 2.74. The number of carbonyl (C=O) groups is 2. The van der Waals surface area contributed by atoms with E-state index in [0.717, 1.165) is 27.2 Å². The second kappa shape index (κ2) is 9.95. The van der Waals surface area contributed by atoms with Gasteiger partial charge in [0.15, 0.2) is 0 Å². The zero-order valence-electron chi connectivity index (χ0n) is 19.5. The third kappa shape index (κ3) is 4.46. The van der Waals surface area contributed by atoms with Gasteiger partial charge < -0.3 is 18.9 Å². The number of esters is 1. The Morgan fingerprint density at radius 1 is 0.941 bits per heavy atom. The van der Waals surface area contributed by atoms with Crippen molar-refractivity contribution in [2.45, 2.75) is 26.9 Å². The standard InChI is InChI=1S/C27H27FN2O4/c1-4-33-26(31)25-23(17-29(3)27(32)34-5-2)21-11-6-7-12-24(21)30(25)16-19-10-8-9-18-13-14-20(28)15-22(18)19/h6-15H,4-5,16-17H2,1-3H3. The predicted octanol–water partition coefficient (Wildman–Crippen LogP) is 5.75. The first-order valence-corrected chi connectivity index (χ1v) is 11.3. The van der Waals surface area contributed by atoms with Gasteiger partial charge in [-0.05, 0) is 48.4 Å². The molecule has 0 bridgehead atoms. The average molecular weight is 463 g/mol. The van der Waals surface area contributed by atoms with Gasteiger partial charge in [0.25, 0.3) is 0 Å². The first-order valence-electron chi connectivity index (χ1n) is 11.3. The topological polar surface area (TPSA) is 60.8 Å². The van der Waals surface area contributed by atoms with Crippen LogP contribution in [0.1, 0.15) is 35.5 Å². The van der Waals surface area contributed by atoms with E-state index in [1.54, 1.807) is 27.0 Å². The van der Waals surface area contributed by atoms with Crippen molar-refractivity contribution in [3.8, 4) is 0 Å². The van der Waals surface area contributed by atoms with E-state index in [1.165, 1.54) is 17.0 Å². The fraction of sp³-hybridized carbons (Fsp3) is 0.259. The van der Waals surface area contributed by atoms with Gasteiger partial charge in [-0.2, -0.15) is 0 Å². The van der Waals surface area contributed by atoms with Crippen molar-refractivity contribution in [3.05, 3.63) is 83.3 Å². The summed E-state index contributed by atoms with van der Waals surface area (Å²) >= 11 is 0. The zero-order chi connectivity index (χ0) is 24.2. The summed E-state index contributed by atoms with van der Waals surface area (Å²) in [6, 6.07) is 18.1. The largest absolute Gasteiger partial charge is 0.461 e. The Morgan fingerprint density at radius 3 is 2.47 bits per heavy atom. The Kier molecular flexibility index (Phi) is 6.82. The van der Waals surface area contributed by atoms with Crippen LogP contribution in [0.4, 0.5) is 9.18 Å². The molecule has 7 heteroatoms. The van der Waals surface area contributed by atoms with Gasteiger partial charge in [0.1, 0.15) is 11.5 Å². The number of fused-ring (bicyclic) bond motifs is 2. The highest BCUT2D eigenvalue weighted by Gasteiger charge is 2.26. The van der Waals surface area contributed by atoms with Crippen molar-refractivity contribution >= 4 is 33.7 Å². The summed E-state index contributed by atoms with van der Waals surface area (Å²) in [6.45, 7) is 4.47. The summed E-state index contributed by atoms with van der Waals surface area (Å²) in [5, 5.41) is 2.53. The molecule has 0 saturated carbocycles. The number of hydrogen-bond acceptors (Lipinski definition) is 4. The summed E-state index contributed by atoms with van der Waals surface area (Å²) in [7, 11) is 1.63. The number of benzene rings is 3. The SMILES string of the molecule is CCOC(=O)c1c(CN(C)C(=O)OCC)c2ccccc2n1Cc1cccc2ccc(F)cc12. The van der Waals surface area contributed by atoms with E-state index in [4.69, 9.17) is 9.47 Å². The lowest BCUT2D eigenvalue weighted by Gasteiger charge is -2.18. The Morgan fingerprint density at radius 2 is 1.71 bits per heavy atom. The molecule has 0 aliphatic rings. The van der Waals surface area contributed by atoms with Crippen LogP contribution in [-0.4, -0.2) is 41.8 Å². The minimum atomic E-state index is -0.475. The van der Waals surface area contributed by atoms with Gasteiger partial charge in [-0.15, -0.1) is 0 Å². The number of carbonyl (C=O) groups excluding carboxylic acids is 2. The van der Waals surface area contributed by atoms with Crippen molar-refractivity contribution in [2.75, 3.05) is 20.3 Å². The predicted molar refractivity (Wildman–Crippen MR) is 129 cm³/mol. The Hall–Kier alpha value is -3.87. The van der Waals surface area contributed by atoms with E-state index in [9.17, 15) is 14.0 Å². The smallest absolute Gasteiger partial charge is 0.409 e. The normalized spacial score (nSPS) is 11.1. The minimum absolute atomic E-state index is 0.171. The third-order valence-electron chi connectivity index (χ3n) is 5.78. The van der Waals surface area contributed by atoms with Crippen molar-refractivity contribution < 1.29 is 23.5 Å². The molecular formula is C27H27FN2O4. The molecule has 1 amide bonds. The highest BCUT2D eigenvalue weighted by atomic mass is 19.1. The second-order valence-corrected chi connectivity index (χ2v) is 7.99. The van der Waals surface area contributed by atoms with E-state index in [-0.39, 0.29) is 25.6 Å². The van der Waals surface area contributed by atoms with Crippen LogP contribution in [0.2, 0.25) is 0 Å². The van der Waals surface area contributed by atoms with Crippen LogP contribution >= 0.6 is 0 Å². The van der Waals surface area contributed by atoms with Gasteiger partial charge in [0, 0.05) is 30.1 Å². The van der Waals surface area contributed by atoms with Gasteiger partial charge in [0.2, 0.25) is 0 Å². The highest BCUT2D eigenvalue weighted by Crippen LogP contribution is 2.31. The van der Waals surface area contributed by atoms with Crippen LogP contribution in [0.3, 0.4) is 0 Å². The summed E-state index contributed by atoms with van der Waals surface area (Å²) in [6.07, 6.45) is -0.473. The van der Waals surface area contributed by atoms with Crippen LogP contribution in [0.15, 0.2) is 60.7 Å². The van der Waals surface area contributed by atoms with Crippen molar-refractivity contribution in [3.63, 3.8) is 0 Å². The molecule has 0 fully saturated rings. The Bertz CT molecular complexity index is 1360. The Labute approximate surface area is 197 Å². The summed E-state index contributed by atoms with van der Waals surface area (Å²) < 4.78 is 26.5. The van der Waals surface area contributed by atoms with Gasteiger partial charge >= 0.3 is 12.1 Å². The molecule has 0 unspecified atom stereocenters. The molecule has 0 N–H and O–H groups in total. The molecule has 0 spiro atoms. The fourth-order valence-corrected chi connectivity index (χ4v) is 4.29. The molecule has 3 aromatic carbocycles. The van der Waals surface area contributed by atoms with Crippen LogP contribution in [-0.2, 0) is 22.6 Å². The summed E-state index contributed by atoms with van der Waals surface area (Å²) in [5.74, 6) is -0.794. The van der Waals surface area contributed by atoms with Crippen LogP contribution in [0, 0.1) is 5.82 Å². The number of hydrogen-bond donors (Lipinski definition) is 0. The lowest BCUT2D eigenvalue weighted by Crippen LogP contribution is -2.28. The van der Waals surface area contributed by atoms with Crippen molar-refractivity contribution in [1.82, 2.24) is 9.47 Å². The van der Waals surface area contributed by atoms with Crippen LogP contribution in [0.25, 0.3) is 21.7 Å². The number of aromatic nitrogens is 1. The number of ether oxygens (including phenoxy) is 2. The molecule has 6 nitrogen and oxygen atoms in total. The van der Waals surface area contributed by atoms with Crippen molar-refractivity contribution in [1.29, 1.82) is 0 Å².